The number of aliphatic carboxylic acids is 1. The molecule has 1 radical (unpaired) electrons. The van der Waals surface area contributed by atoms with Crippen molar-refractivity contribution >= 4 is 5.97 Å². The molecule has 3 N–H and O–H groups in total. The van der Waals surface area contributed by atoms with E-state index >= 15 is 0 Å². The third-order valence-electron chi connectivity index (χ3n) is 1.58. The number of halogens is 1. The molecule has 1 heterocycles. The number of carboxylic acids is 1. The Bertz CT molecular complexity index is 486. The van der Waals surface area contributed by atoms with E-state index in [9.17, 15) is 9.18 Å². The van der Waals surface area contributed by atoms with Gasteiger partial charge in [0.25, 0.3) is 0 Å². The summed E-state index contributed by atoms with van der Waals surface area (Å²) >= 11 is 0. The lowest BCUT2D eigenvalue weighted by Gasteiger charge is -1.89. The lowest BCUT2D eigenvalue weighted by atomic mass is 10.3. The zero-order valence-corrected chi connectivity index (χ0v) is 6.86. The third-order valence-corrected chi connectivity index (χ3v) is 1.58. The van der Waals surface area contributed by atoms with Crippen molar-refractivity contribution in [2.75, 3.05) is 0 Å². The van der Waals surface area contributed by atoms with Gasteiger partial charge in [0.05, 0.1) is 10.7 Å². The molecule has 5 nitrogen and oxygen atoms in total. The van der Waals surface area contributed by atoms with E-state index in [4.69, 9.17) is 5.11 Å². The van der Waals surface area contributed by atoms with Crippen LogP contribution in [0.15, 0.2) is 28.2 Å². The molecule has 0 bridgehead atoms. The van der Waals surface area contributed by atoms with Crippen molar-refractivity contribution in [2.45, 2.75) is 0 Å². The maximum Gasteiger partial charge on any atom is 0.360 e. The number of rotatable bonds is 1. The lowest BCUT2D eigenvalue weighted by Crippen LogP contribution is -2.21. The Hall–Kier alpha value is -1.82. The van der Waals surface area contributed by atoms with Gasteiger partial charge in [0.2, 0.25) is 0 Å². The van der Waals surface area contributed by atoms with E-state index in [1.807, 2.05) is 0 Å². The molecule has 0 spiro atoms. The number of carbonyl (C=O) groups is 1. The number of nitrogens with zero attached hydrogens (tertiary/aromatic N) is 2. The normalized spacial score (nSPS) is 13.5. The average molecular weight is 197 g/mol. The number of hydrogen-bond donors (Lipinski definition) is 1. The predicted octanol–water partition coefficient (Wildman–Crippen LogP) is -1.17. The molecule has 0 atom stereocenters. The average Bonchev–Trinajstić information content (AvgIpc) is 2.46. The van der Waals surface area contributed by atoms with Gasteiger partial charge in [-0.25, -0.2) is 19.2 Å². The van der Waals surface area contributed by atoms with Crippen molar-refractivity contribution in [2.24, 2.45) is 9.98 Å². The fourth-order valence-corrected chi connectivity index (χ4v) is 1.03. The van der Waals surface area contributed by atoms with Gasteiger partial charge in [-0.2, -0.15) is 0 Å². The van der Waals surface area contributed by atoms with Crippen LogP contribution in [-0.2, 0) is 4.79 Å². The van der Waals surface area contributed by atoms with E-state index in [1.165, 1.54) is 12.1 Å². The van der Waals surface area contributed by atoms with Crippen molar-refractivity contribution < 1.29 is 19.8 Å². The minimum Gasteiger partial charge on any atom is -0.478 e. The smallest absolute Gasteiger partial charge is 0.360 e. The molecular weight excluding hydrogens is 191 g/mol. The summed E-state index contributed by atoms with van der Waals surface area (Å²) in [5, 5.41) is 9.19. The summed E-state index contributed by atoms with van der Waals surface area (Å²) < 4.78 is 12.6. The summed E-state index contributed by atoms with van der Waals surface area (Å²) in [7, 11) is 0. The Labute approximate surface area is 77.5 Å². The highest BCUT2D eigenvalue weighted by molar-refractivity contribution is 5.82. The Kier molecular flexibility index (Phi) is 2.57. The molecule has 2 rings (SSSR count). The van der Waals surface area contributed by atoms with Crippen LogP contribution in [0, 0.1) is 12.0 Å². The van der Waals surface area contributed by atoms with Gasteiger partial charge in [-0.15, -0.1) is 0 Å². The molecule has 6 heteroatoms. The van der Waals surface area contributed by atoms with Gasteiger partial charge in [0, 0.05) is 6.07 Å². The summed E-state index contributed by atoms with van der Waals surface area (Å²) in [5.74, 6) is -1.67. The largest absolute Gasteiger partial charge is 0.478 e. The number of fused-ring (bicyclic) bond motifs is 1. The summed E-state index contributed by atoms with van der Waals surface area (Å²) in [5.41, 5.74) is 0. The zero-order valence-electron chi connectivity index (χ0n) is 6.86. The molecule has 0 aromatic heterocycles. The van der Waals surface area contributed by atoms with Crippen LogP contribution in [0.25, 0.3) is 0 Å². The van der Waals surface area contributed by atoms with Crippen molar-refractivity contribution in [1.29, 1.82) is 0 Å². The van der Waals surface area contributed by atoms with Gasteiger partial charge >= 0.3 is 12.1 Å². The van der Waals surface area contributed by atoms with Crippen LogP contribution >= 0.6 is 0 Å². The van der Waals surface area contributed by atoms with Crippen LogP contribution in [-0.4, -0.2) is 16.6 Å². The Balaban J connectivity index is 0.000000980. The maximum atomic E-state index is 12.6. The van der Waals surface area contributed by atoms with Crippen LogP contribution in [0.4, 0.5) is 4.39 Å². The first kappa shape index (κ1) is 10.3. The summed E-state index contributed by atoms with van der Waals surface area (Å²) in [6.45, 7) is 0. The van der Waals surface area contributed by atoms with Crippen LogP contribution in [0.5, 0.6) is 0 Å². The van der Waals surface area contributed by atoms with Crippen molar-refractivity contribution in [1.82, 2.24) is 0 Å². The Morgan fingerprint density at radius 2 is 1.93 bits per heavy atom. The van der Waals surface area contributed by atoms with Crippen molar-refractivity contribution in [3.8, 4) is 0 Å². The Morgan fingerprint density at radius 1 is 1.29 bits per heavy atom. The molecule has 0 aliphatic carbocycles. The second-order valence-corrected chi connectivity index (χ2v) is 2.49. The first-order chi connectivity index (χ1) is 6.16. The molecule has 0 saturated heterocycles. The van der Waals surface area contributed by atoms with Gasteiger partial charge in [-0.1, -0.05) is 0 Å². The van der Waals surface area contributed by atoms with Crippen molar-refractivity contribution in [3.63, 3.8) is 0 Å². The van der Waals surface area contributed by atoms with E-state index in [-0.39, 0.29) is 17.0 Å². The highest BCUT2D eigenvalue weighted by Crippen LogP contribution is 2.04. The zero-order chi connectivity index (χ0) is 9.42. The SMILES string of the molecule is O.O=C(O)[C]1N=c2ccc(F)cc2=N1. The first-order valence-corrected chi connectivity index (χ1v) is 3.50. The van der Waals surface area contributed by atoms with Crippen LogP contribution in [0.3, 0.4) is 0 Å². The molecule has 14 heavy (non-hydrogen) atoms. The standard InChI is InChI=1S/C8H4FN2O2.H2O/c9-4-1-2-5-6(3-4)11-7(10-5)8(12)13;/h1-3H,(H,12,13);1H2. The fraction of sp³-hybridized carbons (Fsp3) is 0. The molecular formula is C8H6FN2O3. The molecule has 0 amide bonds. The lowest BCUT2D eigenvalue weighted by molar-refractivity contribution is -0.134. The monoisotopic (exact) mass is 197 g/mol. The molecule has 73 valence electrons. The number of benzene rings is 1. The minimum atomic E-state index is -1.21. The van der Waals surface area contributed by atoms with E-state index in [0.29, 0.717) is 5.36 Å². The van der Waals surface area contributed by atoms with Gasteiger partial charge in [-0.3, -0.25) is 0 Å². The number of hydrogen-bond acceptors (Lipinski definition) is 3. The molecule has 1 aliphatic heterocycles. The highest BCUT2D eigenvalue weighted by atomic mass is 19.1. The van der Waals surface area contributed by atoms with Gasteiger partial charge < -0.3 is 10.6 Å². The molecule has 1 aromatic carbocycles. The van der Waals surface area contributed by atoms with Crippen LogP contribution in [0.2, 0.25) is 0 Å². The molecule has 0 saturated carbocycles. The second-order valence-electron chi connectivity index (χ2n) is 2.49. The summed E-state index contributed by atoms with van der Waals surface area (Å²) in [6, 6.07) is 3.75. The van der Waals surface area contributed by atoms with Crippen LogP contribution in [0.1, 0.15) is 0 Å². The van der Waals surface area contributed by atoms with Gasteiger partial charge in [0.1, 0.15) is 5.82 Å². The van der Waals surface area contributed by atoms with Gasteiger partial charge in [-0.05, 0) is 12.1 Å². The number of carboxylic acid groups (broad SMARTS) is 1. The van der Waals surface area contributed by atoms with E-state index in [0.717, 1.165) is 6.07 Å². The second kappa shape index (κ2) is 3.51. The first-order valence-electron chi connectivity index (χ1n) is 3.50. The third kappa shape index (κ3) is 1.60. The minimum absolute atomic E-state index is 0. The summed E-state index contributed by atoms with van der Waals surface area (Å²) in [6.07, 6.45) is -0.305. The fourth-order valence-electron chi connectivity index (χ4n) is 1.03. The molecule has 0 unspecified atom stereocenters. The summed E-state index contributed by atoms with van der Waals surface area (Å²) in [4.78, 5) is 17.7. The van der Waals surface area contributed by atoms with Crippen molar-refractivity contribution in [3.05, 3.63) is 40.9 Å². The highest BCUT2D eigenvalue weighted by Gasteiger charge is 2.19. The maximum absolute atomic E-state index is 12.6. The van der Waals surface area contributed by atoms with Gasteiger partial charge in [0.15, 0.2) is 0 Å². The topological polar surface area (TPSA) is 93.5 Å². The molecule has 1 aliphatic rings. The van der Waals surface area contributed by atoms with E-state index in [1.54, 1.807) is 0 Å². The Morgan fingerprint density at radius 3 is 2.57 bits per heavy atom. The molecule has 1 aromatic rings. The van der Waals surface area contributed by atoms with E-state index in [2.05, 4.69) is 9.98 Å². The van der Waals surface area contributed by atoms with Crippen LogP contribution < -0.4 is 10.7 Å². The quantitative estimate of drug-likeness (QED) is 0.614. The van der Waals surface area contributed by atoms with E-state index < -0.39 is 11.8 Å². The molecule has 0 fully saturated rings. The predicted molar refractivity (Wildman–Crippen MR) is 43.2 cm³/mol.